The number of hydrogen-bond acceptors (Lipinski definition) is 5. The van der Waals surface area contributed by atoms with Crippen LogP contribution in [0.2, 0.25) is 10.0 Å². The fourth-order valence-electron chi connectivity index (χ4n) is 2.56. The topological polar surface area (TPSA) is 58.6 Å². The molecule has 5 nitrogen and oxygen atoms in total. The first-order chi connectivity index (χ1) is 13.9. The summed E-state index contributed by atoms with van der Waals surface area (Å²) in [6.07, 6.45) is 1.60. The number of ether oxygens (including phenoxy) is 1. The molecule has 3 rings (SSSR count). The molecule has 0 aliphatic carbocycles. The van der Waals surface area contributed by atoms with E-state index in [9.17, 15) is 9.59 Å². The van der Waals surface area contributed by atoms with Crippen molar-refractivity contribution < 1.29 is 14.3 Å². The number of nitrogens with zero attached hydrogens (tertiary/aromatic N) is 1. The van der Waals surface area contributed by atoms with Gasteiger partial charge in [-0.3, -0.25) is 14.5 Å². The third kappa shape index (κ3) is 5.30. The number of methoxy groups -OCH3 is 1. The maximum Gasteiger partial charge on any atom is 0.266 e. The van der Waals surface area contributed by atoms with Crippen molar-refractivity contribution in [2.45, 2.75) is 6.54 Å². The van der Waals surface area contributed by atoms with Crippen LogP contribution >= 0.6 is 47.2 Å². The lowest BCUT2D eigenvalue weighted by atomic mass is 10.2. The summed E-state index contributed by atoms with van der Waals surface area (Å²) in [5.41, 5.74) is 1.46. The van der Waals surface area contributed by atoms with E-state index in [1.165, 1.54) is 4.90 Å². The minimum atomic E-state index is -0.351. The molecule has 150 valence electrons. The summed E-state index contributed by atoms with van der Waals surface area (Å²) in [7, 11) is 1.59. The van der Waals surface area contributed by atoms with Crippen LogP contribution in [0.4, 0.5) is 0 Å². The van der Waals surface area contributed by atoms with Crippen LogP contribution in [0.5, 0.6) is 5.75 Å². The highest BCUT2D eigenvalue weighted by atomic mass is 35.5. The van der Waals surface area contributed by atoms with E-state index in [1.807, 2.05) is 24.3 Å². The minimum Gasteiger partial charge on any atom is -0.497 e. The Morgan fingerprint density at radius 1 is 1.21 bits per heavy atom. The standard InChI is InChI=1S/C20H16Cl2N2O3S2/c1-27-13-7-5-12(6-8-13)10-23-18(25)11-24-19(26)17(29-20(24)28)9-14-15(21)3-2-4-16(14)22/h2-9H,10-11H2,1H3,(H,23,25)/b17-9-. The highest BCUT2D eigenvalue weighted by Crippen LogP contribution is 2.35. The summed E-state index contributed by atoms with van der Waals surface area (Å²) in [5.74, 6) is 0.0766. The molecule has 0 bridgehead atoms. The third-order valence-electron chi connectivity index (χ3n) is 4.10. The van der Waals surface area contributed by atoms with Gasteiger partial charge in [0.1, 0.15) is 16.6 Å². The van der Waals surface area contributed by atoms with Crippen LogP contribution in [0.1, 0.15) is 11.1 Å². The summed E-state index contributed by atoms with van der Waals surface area (Å²) < 4.78 is 5.41. The number of carbonyl (C=O) groups excluding carboxylic acids is 2. The Hall–Kier alpha value is -2.06. The first-order valence-electron chi connectivity index (χ1n) is 8.48. The molecule has 1 saturated heterocycles. The lowest BCUT2D eigenvalue weighted by Gasteiger charge is -2.14. The summed E-state index contributed by atoms with van der Waals surface area (Å²) in [5, 5.41) is 3.64. The van der Waals surface area contributed by atoms with Gasteiger partial charge < -0.3 is 10.1 Å². The Labute approximate surface area is 188 Å². The highest BCUT2D eigenvalue weighted by Gasteiger charge is 2.33. The van der Waals surface area contributed by atoms with Crippen LogP contribution in [0.15, 0.2) is 47.4 Å². The lowest BCUT2D eigenvalue weighted by molar-refractivity contribution is -0.128. The van der Waals surface area contributed by atoms with Crippen molar-refractivity contribution >= 4 is 69.4 Å². The third-order valence-corrected chi connectivity index (χ3v) is 6.14. The van der Waals surface area contributed by atoms with E-state index in [2.05, 4.69) is 5.32 Å². The molecule has 2 aromatic rings. The maximum absolute atomic E-state index is 12.7. The van der Waals surface area contributed by atoms with Gasteiger partial charge in [-0.1, -0.05) is 65.4 Å². The van der Waals surface area contributed by atoms with Gasteiger partial charge in [-0.2, -0.15) is 0 Å². The number of hydrogen-bond donors (Lipinski definition) is 1. The van der Waals surface area contributed by atoms with E-state index in [4.69, 9.17) is 40.2 Å². The van der Waals surface area contributed by atoms with Gasteiger partial charge in [0.15, 0.2) is 0 Å². The Morgan fingerprint density at radius 2 is 1.86 bits per heavy atom. The number of thiocarbonyl (C=S) groups is 1. The summed E-state index contributed by atoms with van der Waals surface area (Å²) in [6, 6.07) is 12.4. The molecule has 0 aromatic heterocycles. The molecule has 1 heterocycles. The molecular formula is C20H16Cl2N2O3S2. The molecule has 1 aliphatic heterocycles. The number of carbonyl (C=O) groups is 2. The van der Waals surface area contributed by atoms with Gasteiger partial charge in [-0.25, -0.2) is 0 Å². The summed E-state index contributed by atoms with van der Waals surface area (Å²) in [6.45, 7) is 0.178. The van der Waals surface area contributed by atoms with Crippen molar-refractivity contribution in [3.8, 4) is 5.75 Å². The van der Waals surface area contributed by atoms with E-state index in [0.717, 1.165) is 23.1 Å². The number of amides is 2. The lowest BCUT2D eigenvalue weighted by Crippen LogP contribution is -2.39. The van der Waals surface area contributed by atoms with Crippen molar-refractivity contribution in [3.63, 3.8) is 0 Å². The van der Waals surface area contributed by atoms with Crippen molar-refractivity contribution in [2.75, 3.05) is 13.7 Å². The van der Waals surface area contributed by atoms with E-state index >= 15 is 0 Å². The zero-order chi connectivity index (χ0) is 21.0. The van der Waals surface area contributed by atoms with Crippen molar-refractivity contribution in [1.82, 2.24) is 10.2 Å². The molecule has 0 saturated carbocycles. The van der Waals surface area contributed by atoms with Gasteiger partial charge in [0.2, 0.25) is 5.91 Å². The molecule has 2 aromatic carbocycles. The smallest absolute Gasteiger partial charge is 0.266 e. The fraction of sp³-hybridized carbons (Fsp3) is 0.150. The van der Waals surface area contributed by atoms with Gasteiger partial charge in [0.25, 0.3) is 5.91 Å². The van der Waals surface area contributed by atoms with Gasteiger partial charge in [-0.15, -0.1) is 0 Å². The van der Waals surface area contributed by atoms with Gasteiger partial charge >= 0.3 is 0 Å². The average molecular weight is 467 g/mol. The molecule has 0 atom stereocenters. The molecule has 0 radical (unpaired) electrons. The Kier molecular flexibility index (Phi) is 7.18. The number of halogens is 2. The highest BCUT2D eigenvalue weighted by molar-refractivity contribution is 8.26. The van der Waals surface area contributed by atoms with Crippen molar-refractivity contribution in [2.24, 2.45) is 0 Å². The second kappa shape index (κ2) is 9.63. The predicted octanol–water partition coefficient (Wildman–Crippen LogP) is 4.52. The number of benzene rings is 2. The molecule has 0 spiro atoms. The van der Waals surface area contributed by atoms with E-state index in [0.29, 0.717) is 31.4 Å². The van der Waals surface area contributed by atoms with Crippen LogP contribution < -0.4 is 10.1 Å². The first kappa shape index (κ1) is 21.6. The zero-order valence-electron chi connectivity index (χ0n) is 15.3. The van der Waals surface area contributed by atoms with E-state index in [-0.39, 0.29) is 18.4 Å². The summed E-state index contributed by atoms with van der Waals surface area (Å²) >= 11 is 18.7. The SMILES string of the molecule is COc1ccc(CNC(=O)CN2C(=O)/C(=C/c3c(Cl)cccc3Cl)SC2=S)cc1. The van der Waals surface area contributed by atoms with Crippen molar-refractivity contribution in [3.05, 3.63) is 68.5 Å². The molecule has 1 N–H and O–H groups in total. The Morgan fingerprint density at radius 3 is 2.48 bits per heavy atom. The largest absolute Gasteiger partial charge is 0.497 e. The van der Waals surface area contributed by atoms with Crippen LogP contribution in [0, 0.1) is 0 Å². The molecule has 9 heteroatoms. The molecular weight excluding hydrogens is 451 g/mol. The molecule has 1 aliphatic rings. The second-order valence-electron chi connectivity index (χ2n) is 6.03. The average Bonchev–Trinajstić information content (AvgIpc) is 2.97. The van der Waals surface area contributed by atoms with Crippen molar-refractivity contribution in [1.29, 1.82) is 0 Å². The fourth-order valence-corrected chi connectivity index (χ4v) is 4.30. The molecule has 0 unspecified atom stereocenters. The normalized spacial score (nSPS) is 15.1. The predicted molar refractivity (Wildman–Crippen MR) is 121 cm³/mol. The van der Waals surface area contributed by atoms with E-state index < -0.39 is 0 Å². The van der Waals surface area contributed by atoms with Gasteiger partial charge in [-0.05, 0) is 35.9 Å². The number of rotatable bonds is 6. The molecule has 1 fully saturated rings. The number of nitrogens with one attached hydrogen (secondary N) is 1. The number of thioether (sulfide) groups is 1. The summed E-state index contributed by atoms with van der Waals surface area (Å²) in [4.78, 5) is 26.6. The van der Waals surface area contributed by atoms with Crippen LogP contribution in [-0.2, 0) is 16.1 Å². The minimum absolute atomic E-state index is 0.158. The van der Waals surface area contributed by atoms with Crippen LogP contribution in [0.25, 0.3) is 6.08 Å². The second-order valence-corrected chi connectivity index (χ2v) is 8.52. The molecule has 29 heavy (non-hydrogen) atoms. The molecule has 2 amide bonds. The van der Waals surface area contributed by atoms with Crippen LogP contribution in [-0.4, -0.2) is 34.7 Å². The zero-order valence-corrected chi connectivity index (χ0v) is 18.4. The monoisotopic (exact) mass is 466 g/mol. The quantitative estimate of drug-likeness (QED) is 0.500. The maximum atomic E-state index is 12.7. The Balaban J connectivity index is 1.63. The van der Waals surface area contributed by atoms with Gasteiger partial charge in [0.05, 0.1) is 12.0 Å². The van der Waals surface area contributed by atoms with E-state index in [1.54, 1.807) is 31.4 Å². The first-order valence-corrected chi connectivity index (χ1v) is 10.5. The Bertz CT molecular complexity index is 973. The van der Waals surface area contributed by atoms with Gasteiger partial charge in [0, 0.05) is 22.2 Å². The van der Waals surface area contributed by atoms with Crippen LogP contribution in [0.3, 0.4) is 0 Å².